The average Bonchev–Trinajstić information content (AvgIpc) is 3.11. The molecule has 1 aliphatic rings. The summed E-state index contributed by atoms with van der Waals surface area (Å²) in [4.78, 5) is 23.0. The molecule has 1 aromatic rings. The Morgan fingerprint density at radius 3 is 2.45 bits per heavy atom. The van der Waals surface area contributed by atoms with Gasteiger partial charge in [0.05, 0.1) is 5.92 Å². The van der Waals surface area contributed by atoms with E-state index in [2.05, 4.69) is 12.6 Å². The second-order valence-electron chi connectivity index (χ2n) is 5.62. The predicted octanol–water partition coefficient (Wildman–Crippen LogP) is -0.253. The van der Waals surface area contributed by atoms with Crippen LogP contribution in [0.5, 0.6) is 5.75 Å². The van der Waals surface area contributed by atoms with Gasteiger partial charge in [0.25, 0.3) is 0 Å². The first-order valence-electron chi connectivity index (χ1n) is 6.41. The number of rotatable bonds is 5. The molecule has 0 aliphatic heterocycles. The van der Waals surface area contributed by atoms with Crippen LogP contribution in [0.2, 0.25) is 0 Å². The van der Waals surface area contributed by atoms with Gasteiger partial charge >= 0.3 is 35.5 Å². The van der Waals surface area contributed by atoms with Crippen LogP contribution >= 0.6 is 0 Å². The summed E-state index contributed by atoms with van der Waals surface area (Å²) >= 11 is 4.66. The molecule has 0 radical (unpaired) electrons. The Labute approximate surface area is 147 Å². The summed E-state index contributed by atoms with van der Waals surface area (Å²) in [5.41, 5.74) is 0.418. The normalized spacial score (nSPS) is 14.3. The van der Waals surface area contributed by atoms with Gasteiger partial charge in [-0.2, -0.15) is 0 Å². The van der Waals surface area contributed by atoms with Crippen molar-refractivity contribution in [3.63, 3.8) is 0 Å². The Balaban J connectivity index is 0.00000200. The van der Waals surface area contributed by atoms with Gasteiger partial charge in [0.15, 0.2) is 0 Å². The van der Waals surface area contributed by atoms with Crippen molar-refractivity contribution in [1.29, 1.82) is 0 Å². The second kappa shape index (κ2) is 7.03. The summed E-state index contributed by atoms with van der Waals surface area (Å²) in [6, 6.07) is 7.35. The topological polar surface area (TPSA) is 43.4 Å². The molecule has 3 nitrogen and oxygen atoms in total. The quantitative estimate of drug-likeness (QED) is 0.325. The average molecular weight is 300 g/mol. The van der Waals surface area contributed by atoms with E-state index in [9.17, 15) is 9.59 Å². The Kier molecular flexibility index (Phi) is 6.20. The van der Waals surface area contributed by atoms with Gasteiger partial charge in [0.2, 0.25) is 0 Å². The molecular formula is C15H17NaO3S. The number of carbonyl (C=O) groups excluding carboxylic acids is 2. The van der Waals surface area contributed by atoms with E-state index in [0.29, 0.717) is 5.75 Å². The van der Waals surface area contributed by atoms with Crippen LogP contribution in [0.25, 0.3) is 0 Å². The van der Waals surface area contributed by atoms with Gasteiger partial charge in [0, 0.05) is 10.7 Å². The number of benzene rings is 1. The van der Waals surface area contributed by atoms with Gasteiger partial charge in [-0.25, -0.2) is 0 Å². The summed E-state index contributed by atoms with van der Waals surface area (Å²) in [5, 5.41) is -0.284. The molecule has 0 unspecified atom stereocenters. The zero-order valence-electron chi connectivity index (χ0n) is 12.1. The SMILES string of the molecule is CC(C)(CC(=O)[S-])c1ccccc1OC(=O)C1CC1.[Na+]. The maximum absolute atomic E-state index is 11.8. The van der Waals surface area contributed by atoms with E-state index < -0.39 is 5.41 Å². The van der Waals surface area contributed by atoms with Crippen LogP contribution < -0.4 is 34.3 Å². The number of hydrogen-bond acceptors (Lipinski definition) is 4. The van der Waals surface area contributed by atoms with E-state index in [-0.39, 0.29) is 53.0 Å². The molecule has 0 aromatic heterocycles. The Bertz CT molecular complexity index is 510. The van der Waals surface area contributed by atoms with Gasteiger partial charge in [-0.1, -0.05) is 32.0 Å². The molecule has 0 atom stereocenters. The first kappa shape index (κ1) is 17.6. The van der Waals surface area contributed by atoms with Crippen molar-refractivity contribution in [2.45, 2.75) is 38.5 Å². The van der Waals surface area contributed by atoms with E-state index in [4.69, 9.17) is 4.74 Å². The van der Waals surface area contributed by atoms with Gasteiger partial charge in [-0.3, -0.25) is 4.79 Å². The van der Waals surface area contributed by atoms with E-state index >= 15 is 0 Å². The summed E-state index contributed by atoms with van der Waals surface area (Å²) < 4.78 is 5.45. The minimum atomic E-state index is -0.431. The van der Waals surface area contributed by atoms with Crippen molar-refractivity contribution in [3.8, 4) is 5.75 Å². The van der Waals surface area contributed by atoms with E-state index in [1.165, 1.54) is 0 Å². The number of carbonyl (C=O) groups is 2. The minimum Gasteiger partial charge on any atom is -0.742 e. The van der Waals surface area contributed by atoms with Gasteiger partial charge in [-0.05, 0) is 30.7 Å². The van der Waals surface area contributed by atoms with Crippen molar-refractivity contribution in [3.05, 3.63) is 29.8 Å². The monoisotopic (exact) mass is 300 g/mol. The molecule has 5 heteroatoms. The zero-order valence-corrected chi connectivity index (χ0v) is 15.0. The standard InChI is InChI=1S/C15H18O3S.Na/c1-15(2,9-13(16)19)11-5-3-4-6-12(11)18-14(17)10-7-8-10;/h3-6,10H,7-9H2,1-2H3,(H,16,19);/q;+1/p-1. The fourth-order valence-electron chi connectivity index (χ4n) is 2.08. The molecule has 1 saturated carbocycles. The maximum atomic E-state index is 11.8. The van der Waals surface area contributed by atoms with E-state index in [0.717, 1.165) is 18.4 Å². The molecule has 0 heterocycles. The zero-order chi connectivity index (χ0) is 14.0. The fourth-order valence-corrected chi connectivity index (χ4v) is 2.44. The third-order valence-electron chi connectivity index (χ3n) is 3.32. The molecular weight excluding hydrogens is 283 g/mol. The predicted molar refractivity (Wildman–Crippen MR) is 74.8 cm³/mol. The Hall–Kier alpha value is -0.420. The van der Waals surface area contributed by atoms with Crippen LogP contribution in [0.1, 0.15) is 38.7 Å². The summed E-state index contributed by atoms with van der Waals surface area (Å²) in [6.07, 6.45) is 2.07. The van der Waals surface area contributed by atoms with Crippen LogP contribution in [0.4, 0.5) is 0 Å². The summed E-state index contributed by atoms with van der Waals surface area (Å²) in [6.45, 7) is 3.86. The molecule has 20 heavy (non-hydrogen) atoms. The van der Waals surface area contributed by atoms with Gasteiger partial charge in [-0.15, -0.1) is 0 Å². The molecule has 0 bridgehead atoms. The smallest absolute Gasteiger partial charge is 0.742 e. The molecule has 0 N–H and O–H groups in total. The van der Waals surface area contributed by atoms with Crippen molar-refractivity contribution in [2.24, 2.45) is 5.92 Å². The molecule has 0 spiro atoms. The van der Waals surface area contributed by atoms with Crippen molar-refractivity contribution < 1.29 is 43.9 Å². The Morgan fingerprint density at radius 2 is 1.90 bits per heavy atom. The van der Waals surface area contributed by atoms with Crippen molar-refractivity contribution >= 4 is 23.7 Å². The number of esters is 1. The molecule has 1 aromatic carbocycles. The van der Waals surface area contributed by atoms with Crippen LogP contribution in [0.3, 0.4) is 0 Å². The van der Waals surface area contributed by atoms with Crippen LogP contribution in [0, 0.1) is 5.92 Å². The molecule has 102 valence electrons. The van der Waals surface area contributed by atoms with Crippen molar-refractivity contribution in [2.75, 3.05) is 0 Å². The van der Waals surface area contributed by atoms with Crippen LogP contribution in [0.15, 0.2) is 24.3 Å². The number of para-hydroxylation sites is 1. The second-order valence-corrected chi connectivity index (χ2v) is 6.08. The molecule has 1 fully saturated rings. The number of ether oxygens (including phenoxy) is 1. The largest absolute Gasteiger partial charge is 1.00 e. The van der Waals surface area contributed by atoms with E-state index in [1.807, 2.05) is 32.0 Å². The third-order valence-corrected chi connectivity index (χ3v) is 3.47. The summed E-state index contributed by atoms with van der Waals surface area (Å²) in [7, 11) is 0. The van der Waals surface area contributed by atoms with Crippen molar-refractivity contribution in [1.82, 2.24) is 0 Å². The first-order valence-corrected chi connectivity index (χ1v) is 6.82. The minimum absolute atomic E-state index is 0. The van der Waals surface area contributed by atoms with Crippen LogP contribution in [-0.2, 0) is 27.6 Å². The Morgan fingerprint density at radius 1 is 1.30 bits per heavy atom. The van der Waals surface area contributed by atoms with Gasteiger partial charge < -0.3 is 22.2 Å². The molecule has 0 amide bonds. The fraction of sp³-hybridized carbons (Fsp3) is 0.467. The first-order chi connectivity index (χ1) is 8.90. The van der Waals surface area contributed by atoms with Gasteiger partial charge in [0.1, 0.15) is 5.75 Å². The number of hydrogen-bond donors (Lipinski definition) is 0. The summed E-state index contributed by atoms with van der Waals surface area (Å²) in [5.74, 6) is 0.422. The third kappa shape index (κ3) is 4.55. The molecule has 0 saturated heterocycles. The maximum Gasteiger partial charge on any atom is 1.00 e. The molecule has 2 rings (SSSR count). The van der Waals surface area contributed by atoms with Crippen LogP contribution in [-0.4, -0.2) is 11.1 Å². The molecule has 1 aliphatic carbocycles. The van der Waals surface area contributed by atoms with E-state index in [1.54, 1.807) is 6.07 Å².